The number of hydrogen-bond donors (Lipinski definition) is 2. The van der Waals surface area contributed by atoms with Crippen molar-refractivity contribution in [2.45, 2.75) is 30.3 Å². The highest BCUT2D eigenvalue weighted by Crippen LogP contribution is 2.26. The molecule has 1 aliphatic rings. The predicted molar refractivity (Wildman–Crippen MR) is 127 cm³/mol. The molecule has 8 heteroatoms. The van der Waals surface area contributed by atoms with Crippen molar-refractivity contribution in [1.82, 2.24) is 4.90 Å². The standard InChI is InChI=1S/C24H24ClN3O3S/c25-21-12-4-5-13-22(21)27-32(30,31)20-11-6-10-19(16-20)26-24(29)23-14-7-15-28(23)17-18-8-2-1-3-9-18/h1-6,8-13,16,23,27H,7,14-15,17H2,(H,26,29). The van der Waals surface area contributed by atoms with E-state index in [1.165, 1.54) is 12.1 Å². The van der Waals surface area contributed by atoms with Gasteiger partial charge in [0, 0.05) is 12.2 Å². The van der Waals surface area contributed by atoms with Crippen molar-refractivity contribution in [2.24, 2.45) is 0 Å². The lowest BCUT2D eigenvalue weighted by atomic mass is 10.1. The van der Waals surface area contributed by atoms with Gasteiger partial charge in [0.2, 0.25) is 5.91 Å². The molecule has 3 aromatic carbocycles. The number of nitrogens with zero attached hydrogens (tertiary/aromatic N) is 1. The molecule has 3 aromatic rings. The van der Waals surface area contributed by atoms with Crippen LogP contribution in [0.4, 0.5) is 11.4 Å². The number of halogens is 1. The number of likely N-dealkylation sites (tertiary alicyclic amines) is 1. The fraction of sp³-hybridized carbons (Fsp3) is 0.208. The third-order valence-electron chi connectivity index (χ3n) is 5.42. The van der Waals surface area contributed by atoms with E-state index in [9.17, 15) is 13.2 Å². The maximum Gasteiger partial charge on any atom is 0.262 e. The number of benzene rings is 3. The fourth-order valence-electron chi connectivity index (χ4n) is 3.84. The molecule has 0 radical (unpaired) electrons. The van der Waals surface area contributed by atoms with Gasteiger partial charge in [0.1, 0.15) is 0 Å². The molecule has 1 amide bonds. The molecule has 6 nitrogen and oxygen atoms in total. The second-order valence-electron chi connectivity index (χ2n) is 7.72. The number of sulfonamides is 1. The van der Waals surface area contributed by atoms with E-state index in [1.807, 2.05) is 30.3 Å². The smallest absolute Gasteiger partial charge is 0.262 e. The summed E-state index contributed by atoms with van der Waals surface area (Å²) < 4.78 is 28.1. The molecular formula is C24H24ClN3O3S. The molecule has 166 valence electrons. The zero-order valence-corrected chi connectivity index (χ0v) is 18.9. The van der Waals surface area contributed by atoms with Crippen LogP contribution >= 0.6 is 11.6 Å². The lowest BCUT2D eigenvalue weighted by molar-refractivity contribution is -0.120. The van der Waals surface area contributed by atoms with Crippen LogP contribution in [-0.2, 0) is 21.4 Å². The predicted octanol–water partition coefficient (Wildman–Crippen LogP) is 4.74. The van der Waals surface area contributed by atoms with E-state index >= 15 is 0 Å². The van der Waals surface area contributed by atoms with Crippen molar-refractivity contribution in [3.63, 3.8) is 0 Å². The zero-order valence-electron chi connectivity index (χ0n) is 17.4. The highest BCUT2D eigenvalue weighted by molar-refractivity contribution is 7.92. The Hall–Kier alpha value is -2.87. The van der Waals surface area contributed by atoms with Crippen molar-refractivity contribution >= 4 is 38.9 Å². The summed E-state index contributed by atoms with van der Waals surface area (Å²) in [6.07, 6.45) is 1.71. The Kier molecular flexibility index (Phi) is 6.79. The number of hydrogen-bond acceptors (Lipinski definition) is 4. The molecule has 0 spiro atoms. The first-order valence-corrected chi connectivity index (χ1v) is 12.2. The molecule has 1 atom stereocenters. The van der Waals surface area contributed by atoms with Crippen molar-refractivity contribution in [2.75, 3.05) is 16.6 Å². The van der Waals surface area contributed by atoms with E-state index in [2.05, 4.69) is 14.9 Å². The third kappa shape index (κ3) is 5.30. The highest BCUT2D eigenvalue weighted by atomic mass is 35.5. The Balaban J connectivity index is 1.46. The SMILES string of the molecule is O=C(Nc1cccc(S(=O)(=O)Nc2ccccc2Cl)c1)C1CCCN1Cc1ccccc1. The lowest BCUT2D eigenvalue weighted by Crippen LogP contribution is -2.39. The largest absolute Gasteiger partial charge is 0.325 e. The number of carbonyl (C=O) groups excluding carboxylic acids is 1. The van der Waals surface area contributed by atoms with Gasteiger partial charge in [-0.1, -0.05) is 60.1 Å². The Morgan fingerprint density at radius 2 is 1.75 bits per heavy atom. The summed E-state index contributed by atoms with van der Waals surface area (Å²) in [4.78, 5) is 15.2. The van der Waals surface area contributed by atoms with E-state index in [-0.39, 0.29) is 16.8 Å². The van der Waals surface area contributed by atoms with Crippen molar-refractivity contribution in [1.29, 1.82) is 0 Å². The fourth-order valence-corrected chi connectivity index (χ4v) is 5.21. The van der Waals surface area contributed by atoms with E-state index < -0.39 is 10.0 Å². The summed E-state index contributed by atoms with van der Waals surface area (Å²) >= 11 is 6.07. The van der Waals surface area contributed by atoms with E-state index in [0.717, 1.165) is 24.9 Å². The zero-order chi connectivity index (χ0) is 22.6. The Morgan fingerprint density at radius 3 is 2.53 bits per heavy atom. The molecule has 0 saturated carbocycles. The quantitative estimate of drug-likeness (QED) is 0.523. The first-order valence-electron chi connectivity index (χ1n) is 10.4. The molecular weight excluding hydrogens is 446 g/mol. The molecule has 2 N–H and O–H groups in total. The second-order valence-corrected chi connectivity index (χ2v) is 9.81. The lowest BCUT2D eigenvalue weighted by Gasteiger charge is -2.23. The average molecular weight is 470 g/mol. The van der Waals surface area contributed by atoms with E-state index in [4.69, 9.17) is 11.6 Å². The molecule has 0 aromatic heterocycles. The maximum absolute atomic E-state index is 13.0. The molecule has 1 unspecified atom stereocenters. The molecule has 1 aliphatic heterocycles. The van der Waals surface area contributed by atoms with Crippen molar-refractivity contribution in [3.05, 3.63) is 89.4 Å². The minimum Gasteiger partial charge on any atom is -0.325 e. The van der Waals surface area contributed by atoms with Crippen LogP contribution in [-0.4, -0.2) is 31.8 Å². The maximum atomic E-state index is 13.0. The molecule has 0 aliphatic carbocycles. The van der Waals surface area contributed by atoms with Gasteiger partial charge in [0.05, 0.1) is 21.6 Å². The van der Waals surface area contributed by atoms with Crippen LogP contribution in [0.5, 0.6) is 0 Å². The van der Waals surface area contributed by atoms with Gasteiger partial charge in [0.15, 0.2) is 0 Å². The van der Waals surface area contributed by atoms with E-state index in [0.29, 0.717) is 22.9 Å². The second kappa shape index (κ2) is 9.73. The van der Waals surface area contributed by atoms with Crippen molar-refractivity contribution < 1.29 is 13.2 Å². The third-order valence-corrected chi connectivity index (χ3v) is 7.12. The van der Waals surface area contributed by atoms with Crippen LogP contribution in [0, 0.1) is 0 Å². The minimum atomic E-state index is -3.86. The number of nitrogens with one attached hydrogen (secondary N) is 2. The first kappa shape index (κ1) is 22.3. The summed E-state index contributed by atoms with van der Waals surface area (Å²) in [6.45, 7) is 1.55. The minimum absolute atomic E-state index is 0.0442. The van der Waals surface area contributed by atoms with Gasteiger partial charge >= 0.3 is 0 Å². The summed E-state index contributed by atoms with van der Waals surface area (Å²) in [5.41, 5.74) is 1.89. The topological polar surface area (TPSA) is 78.5 Å². The van der Waals surface area contributed by atoms with Crippen LogP contribution < -0.4 is 10.0 Å². The first-order chi connectivity index (χ1) is 15.4. The van der Waals surface area contributed by atoms with Gasteiger partial charge < -0.3 is 5.32 Å². The molecule has 0 bridgehead atoms. The number of rotatable bonds is 7. The van der Waals surface area contributed by atoms with Gasteiger partial charge in [-0.15, -0.1) is 0 Å². The van der Waals surface area contributed by atoms with Crippen LogP contribution in [0.2, 0.25) is 5.02 Å². The van der Waals surface area contributed by atoms with Gasteiger partial charge in [-0.3, -0.25) is 14.4 Å². The average Bonchev–Trinajstić information content (AvgIpc) is 3.24. The molecule has 1 heterocycles. The van der Waals surface area contributed by atoms with Crippen LogP contribution in [0.25, 0.3) is 0 Å². The summed E-state index contributed by atoms with van der Waals surface area (Å²) in [6, 6.07) is 22.6. The van der Waals surface area contributed by atoms with Gasteiger partial charge in [-0.2, -0.15) is 0 Å². The monoisotopic (exact) mass is 469 g/mol. The molecule has 32 heavy (non-hydrogen) atoms. The summed E-state index contributed by atoms with van der Waals surface area (Å²) in [7, 11) is -3.86. The van der Waals surface area contributed by atoms with Gasteiger partial charge in [0.25, 0.3) is 10.0 Å². The van der Waals surface area contributed by atoms with Crippen molar-refractivity contribution in [3.8, 4) is 0 Å². The summed E-state index contributed by atoms with van der Waals surface area (Å²) in [5, 5.41) is 3.19. The van der Waals surface area contributed by atoms with Gasteiger partial charge in [-0.05, 0) is 55.3 Å². The summed E-state index contributed by atoms with van der Waals surface area (Å²) in [5.74, 6) is -0.132. The van der Waals surface area contributed by atoms with Crippen LogP contribution in [0.3, 0.4) is 0 Å². The Bertz CT molecular complexity index is 1200. The Morgan fingerprint density at radius 1 is 1.00 bits per heavy atom. The van der Waals surface area contributed by atoms with Crippen LogP contribution in [0.15, 0.2) is 83.8 Å². The van der Waals surface area contributed by atoms with Gasteiger partial charge in [-0.25, -0.2) is 8.42 Å². The normalized spacial score (nSPS) is 16.6. The number of para-hydroxylation sites is 1. The number of carbonyl (C=O) groups is 1. The molecule has 1 fully saturated rings. The molecule has 1 saturated heterocycles. The Labute approximate surface area is 193 Å². The highest BCUT2D eigenvalue weighted by Gasteiger charge is 2.30. The number of anilines is 2. The molecule has 4 rings (SSSR count). The van der Waals surface area contributed by atoms with Crippen LogP contribution in [0.1, 0.15) is 18.4 Å². The van der Waals surface area contributed by atoms with E-state index in [1.54, 1.807) is 36.4 Å². The number of amides is 1.